The van der Waals surface area contributed by atoms with Crippen LogP contribution >= 0.6 is 11.8 Å². The van der Waals surface area contributed by atoms with E-state index in [9.17, 15) is 9.59 Å². The zero-order valence-electron chi connectivity index (χ0n) is 19.4. The van der Waals surface area contributed by atoms with Gasteiger partial charge in [0.2, 0.25) is 5.91 Å². The zero-order valence-corrected chi connectivity index (χ0v) is 20.2. The lowest BCUT2D eigenvalue weighted by molar-refractivity contribution is -0.113. The molecule has 0 aliphatic heterocycles. The van der Waals surface area contributed by atoms with Crippen molar-refractivity contribution in [2.45, 2.75) is 19.0 Å². The molecule has 0 saturated carbocycles. The van der Waals surface area contributed by atoms with E-state index in [1.807, 2.05) is 86.6 Å². The van der Waals surface area contributed by atoms with Crippen LogP contribution < -0.4 is 15.6 Å². The lowest BCUT2D eigenvalue weighted by Crippen LogP contribution is -2.23. The highest BCUT2D eigenvalue weighted by Gasteiger charge is 2.18. The van der Waals surface area contributed by atoms with E-state index in [0.717, 1.165) is 27.9 Å². The largest absolute Gasteiger partial charge is 0.494 e. The minimum atomic E-state index is -0.225. The number of carbonyl (C=O) groups is 1. The number of aromatic nitrogens is 3. The molecule has 3 aromatic carbocycles. The molecule has 2 aromatic heterocycles. The number of anilines is 1. The van der Waals surface area contributed by atoms with Crippen LogP contribution in [0.1, 0.15) is 12.5 Å². The summed E-state index contributed by atoms with van der Waals surface area (Å²) >= 11 is 1.22. The molecule has 0 aliphatic carbocycles. The second-order valence-corrected chi connectivity index (χ2v) is 9.00. The molecule has 2 N–H and O–H groups in total. The number of carbonyl (C=O) groups excluding carboxylic acids is 1. The number of nitrogens with one attached hydrogen (secondary N) is 2. The van der Waals surface area contributed by atoms with E-state index in [2.05, 4.69) is 10.3 Å². The van der Waals surface area contributed by atoms with Crippen LogP contribution in [0.2, 0.25) is 0 Å². The normalized spacial score (nSPS) is 11.1. The van der Waals surface area contributed by atoms with Crippen molar-refractivity contribution < 1.29 is 9.53 Å². The van der Waals surface area contributed by atoms with Gasteiger partial charge in [-0.05, 0) is 56.3 Å². The van der Waals surface area contributed by atoms with Crippen LogP contribution in [-0.4, -0.2) is 32.8 Å². The van der Waals surface area contributed by atoms with Crippen LogP contribution in [0.15, 0.2) is 82.7 Å². The number of hydrogen-bond donors (Lipinski definition) is 2. The summed E-state index contributed by atoms with van der Waals surface area (Å²) in [6.45, 7) is 4.47. The Hall–Kier alpha value is -4.04. The fraction of sp³-hybridized carbons (Fsp3) is 0.148. The van der Waals surface area contributed by atoms with Gasteiger partial charge in [-0.2, -0.15) is 0 Å². The molecule has 0 bridgehead atoms. The fourth-order valence-electron chi connectivity index (χ4n) is 3.89. The summed E-state index contributed by atoms with van der Waals surface area (Å²) < 4.78 is 7.08. The van der Waals surface area contributed by atoms with Gasteiger partial charge in [-0.3, -0.25) is 14.2 Å². The van der Waals surface area contributed by atoms with Gasteiger partial charge < -0.3 is 15.0 Å². The van der Waals surface area contributed by atoms with Gasteiger partial charge in [0, 0.05) is 16.6 Å². The molecular formula is C27H24N4O3S. The van der Waals surface area contributed by atoms with Crippen LogP contribution in [0.5, 0.6) is 5.75 Å². The third kappa shape index (κ3) is 4.65. The quantitative estimate of drug-likeness (QED) is 0.242. The monoisotopic (exact) mass is 484 g/mol. The molecule has 0 radical (unpaired) electrons. The molecule has 176 valence electrons. The first-order valence-corrected chi connectivity index (χ1v) is 12.3. The van der Waals surface area contributed by atoms with Crippen LogP contribution in [0.3, 0.4) is 0 Å². The topological polar surface area (TPSA) is 89.0 Å². The van der Waals surface area contributed by atoms with Gasteiger partial charge in [0.05, 0.1) is 18.0 Å². The predicted octanol–water partition coefficient (Wildman–Crippen LogP) is 5.30. The van der Waals surface area contributed by atoms with Crippen molar-refractivity contribution in [3.8, 4) is 11.4 Å². The molecule has 5 rings (SSSR count). The zero-order chi connectivity index (χ0) is 24.4. The molecule has 0 fully saturated rings. The average molecular weight is 485 g/mol. The first-order valence-electron chi connectivity index (χ1n) is 11.3. The molecule has 0 saturated heterocycles. The maximum absolute atomic E-state index is 13.6. The second-order valence-electron chi connectivity index (χ2n) is 8.06. The average Bonchev–Trinajstić information content (AvgIpc) is 3.24. The van der Waals surface area contributed by atoms with Crippen molar-refractivity contribution in [2.24, 2.45) is 0 Å². The summed E-state index contributed by atoms with van der Waals surface area (Å²) in [4.78, 5) is 34.4. The van der Waals surface area contributed by atoms with E-state index in [4.69, 9.17) is 9.72 Å². The van der Waals surface area contributed by atoms with Gasteiger partial charge in [-0.1, -0.05) is 47.7 Å². The van der Waals surface area contributed by atoms with E-state index in [-0.39, 0.29) is 17.2 Å². The molecule has 0 unspecified atom stereocenters. The van der Waals surface area contributed by atoms with Gasteiger partial charge in [0.15, 0.2) is 5.16 Å². The maximum atomic E-state index is 13.6. The summed E-state index contributed by atoms with van der Waals surface area (Å²) in [6.07, 6.45) is 0. The molecule has 0 atom stereocenters. The van der Waals surface area contributed by atoms with Gasteiger partial charge in [-0.25, -0.2) is 4.98 Å². The molecule has 5 aromatic rings. The highest BCUT2D eigenvalue weighted by molar-refractivity contribution is 7.99. The van der Waals surface area contributed by atoms with Crippen LogP contribution in [0.4, 0.5) is 5.69 Å². The Bertz CT molecular complexity index is 1570. The second kappa shape index (κ2) is 9.68. The SMILES string of the molecule is CCOc1ccc(-n2c(SCC(=O)Nc3ccc(C)cc3)nc3c([nH]c4ccccc43)c2=O)cc1. The summed E-state index contributed by atoms with van der Waals surface area (Å²) in [5.74, 6) is 0.645. The van der Waals surface area contributed by atoms with Crippen LogP contribution in [-0.2, 0) is 4.79 Å². The number of nitrogens with zero attached hydrogens (tertiary/aromatic N) is 2. The number of amides is 1. The molecule has 2 heterocycles. The van der Waals surface area contributed by atoms with Gasteiger partial charge in [-0.15, -0.1) is 0 Å². The van der Waals surface area contributed by atoms with E-state index in [1.165, 1.54) is 16.3 Å². The molecule has 35 heavy (non-hydrogen) atoms. The number of H-pyrrole nitrogens is 1. The number of ether oxygens (including phenoxy) is 1. The van der Waals surface area contributed by atoms with Crippen molar-refractivity contribution in [3.05, 3.63) is 88.7 Å². The molecule has 0 aliphatic rings. The van der Waals surface area contributed by atoms with Crippen molar-refractivity contribution in [1.29, 1.82) is 0 Å². The summed E-state index contributed by atoms with van der Waals surface area (Å²) in [5, 5.41) is 4.20. The highest BCUT2D eigenvalue weighted by Crippen LogP contribution is 2.27. The fourth-order valence-corrected chi connectivity index (χ4v) is 4.69. The number of aryl methyl sites for hydroxylation is 1. The molecule has 7 nitrogen and oxygen atoms in total. The number of aromatic amines is 1. The predicted molar refractivity (Wildman–Crippen MR) is 141 cm³/mol. The van der Waals surface area contributed by atoms with Gasteiger partial charge in [0.25, 0.3) is 5.56 Å². The van der Waals surface area contributed by atoms with Gasteiger partial charge >= 0.3 is 0 Å². The van der Waals surface area contributed by atoms with E-state index in [1.54, 1.807) is 0 Å². The minimum absolute atomic E-state index is 0.102. The minimum Gasteiger partial charge on any atom is -0.494 e. The number of rotatable bonds is 7. The van der Waals surface area contributed by atoms with Crippen LogP contribution in [0.25, 0.3) is 27.6 Å². The van der Waals surface area contributed by atoms with Crippen molar-refractivity contribution >= 4 is 45.3 Å². The molecule has 0 spiro atoms. The number of fused-ring (bicyclic) bond motifs is 3. The first-order chi connectivity index (χ1) is 17.0. The number of benzene rings is 3. The maximum Gasteiger partial charge on any atom is 0.283 e. The van der Waals surface area contributed by atoms with Crippen molar-refractivity contribution in [3.63, 3.8) is 0 Å². The van der Waals surface area contributed by atoms with Crippen molar-refractivity contribution in [1.82, 2.24) is 14.5 Å². The summed E-state index contributed by atoms with van der Waals surface area (Å²) in [7, 11) is 0. The van der Waals surface area contributed by atoms with E-state index in [0.29, 0.717) is 28.5 Å². The smallest absolute Gasteiger partial charge is 0.283 e. The Kier molecular flexibility index (Phi) is 6.29. The number of thioether (sulfide) groups is 1. The Morgan fingerprint density at radius 2 is 1.80 bits per heavy atom. The summed E-state index contributed by atoms with van der Waals surface area (Å²) in [5.41, 5.74) is 4.12. The third-order valence-corrected chi connectivity index (χ3v) is 6.51. The van der Waals surface area contributed by atoms with Gasteiger partial charge in [0.1, 0.15) is 16.8 Å². The number of hydrogen-bond acceptors (Lipinski definition) is 5. The first kappa shape index (κ1) is 22.7. The highest BCUT2D eigenvalue weighted by atomic mass is 32.2. The lowest BCUT2D eigenvalue weighted by Gasteiger charge is -2.13. The Morgan fingerprint density at radius 1 is 1.06 bits per heavy atom. The molecule has 1 amide bonds. The van der Waals surface area contributed by atoms with Crippen molar-refractivity contribution in [2.75, 3.05) is 17.7 Å². The Morgan fingerprint density at radius 3 is 2.54 bits per heavy atom. The molecular weight excluding hydrogens is 460 g/mol. The standard InChI is InChI=1S/C27H24N4O3S/c1-3-34-20-14-12-19(13-15-20)31-26(33)25-24(21-6-4-5-7-22(21)29-25)30-27(31)35-16-23(32)28-18-10-8-17(2)9-11-18/h4-15,29H,3,16H2,1-2H3,(H,28,32). The molecule has 8 heteroatoms. The lowest BCUT2D eigenvalue weighted by atomic mass is 10.2. The Balaban J connectivity index is 1.53. The third-order valence-electron chi connectivity index (χ3n) is 5.57. The Labute approximate surface area is 206 Å². The van der Waals surface area contributed by atoms with Crippen LogP contribution in [0, 0.1) is 6.92 Å². The number of para-hydroxylation sites is 1. The van der Waals surface area contributed by atoms with E-state index < -0.39 is 0 Å². The van der Waals surface area contributed by atoms with E-state index >= 15 is 0 Å². The summed E-state index contributed by atoms with van der Waals surface area (Å²) in [6, 6.07) is 22.6.